The van der Waals surface area contributed by atoms with Crippen LogP contribution in [0.3, 0.4) is 0 Å². The molecular formula is C15H22N2O3. The normalized spacial score (nSPS) is 15.2. The number of nitrogens with one attached hydrogen (secondary N) is 1. The van der Waals surface area contributed by atoms with E-state index < -0.39 is 4.92 Å². The first kappa shape index (κ1) is 14.6. The van der Waals surface area contributed by atoms with Gasteiger partial charge in [0.1, 0.15) is 0 Å². The summed E-state index contributed by atoms with van der Waals surface area (Å²) in [6, 6.07) is 4.97. The SMILES string of the molecule is CCOc1cc(NCCC2CCCC2)ccc1[N+](=O)[O-]. The summed E-state index contributed by atoms with van der Waals surface area (Å²) in [7, 11) is 0. The van der Waals surface area contributed by atoms with Crippen molar-refractivity contribution in [2.24, 2.45) is 5.92 Å². The summed E-state index contributed by atoms with van der Waals surface area (Å²) in [5, 5.41) is 14.2. The van der Waals surface area contributed by atoms with Crippen molar-refractivity contribution in [3.8, 4) is 5.75 Å². The van der Waals surface area contributed by atoms with E-state index in [0.717, 1.165) is 18.2 Å². The van der Waals surface area contributed by atoms with Crippen LogP contribution in [0.2, 0.25) is 0 Å². The van der Waals surface area contributed by atoms with Crippen LogP contribution in [0.25, 0.3) is 0 Å². The minimum atomic E-state index is -0.409. The average molecular weight is 278 g/mol. The van der Waals surface area contributed by atoms with Gasteiger partial charge in [-0.05, 0) is 25.3 Å². The number of hydrogen-bond acceptors (Lipinski definition) is 4. The molecule has 0 amide bonds. The minimum absolute atomic E-state index is 0.0215. The summed E-state index contributed by atoms with van der Waals surface area (Å²) in [6.07, 6.45) is 6.56. The van der Waals surface area contributed by atoms with E-state index in [1.165, 1.54) is 38.2 Å². The van der Waals surface area contributed by atoms with Gasteiger partial charge in [0.25, 0.3) is 0 Å². The van der Waals surface area contributed by atoms with Gasteiger partial charge >= 0.3 is 5.69 Å². The Kier molecular flexibility index (Phi) is 5.21. The molecule has 0 saturated heterocycles. The van der Waals surface area contributed by atoms with Gasteiger partial charge in [-0.15, -0.1) is 0 Å². The molecule has 0 spiro atoms. The van der Waals surface area contributed by atoms with Crippen LogP contribution >= 0.6 is 0 Å². The first-order valence-electron chi connectivity index (χ1n) is 7.35. The highest BCUT2D eigenvalue weighted by molar-refractivity contribution is 5.57. The minimum Gasteiger partial charge on any atom is -0.487 e. The van der Waals surface area contributed by atoms with Gasteiger partial charge in [0.15, 0.2) is 5.75 Å². The smallest absolute Gasteiger partial charge is 0.311 e. The predicted octanol–water partition coefficient (Wildman–Crippen LogP) is 3.99. The summed E-state index contributed by atoms with van der Waals surface area (Å²) in [5.74, 6) is 1.18. The van der Waals surface area contributed by atoms with Crippen molar-refractivity contribution < 1.29 is 9.66 Å². The second-order valence-electron chi connectivity index (χ2n) is 5.24. The quantitative estimate of drug-likeness (QED) is 0.605. The molecule has 2 rings (SSSR count). The highest BCUT2D eigenvalue weighted by Crippen LogP contribution is 2.31. The van der Waals surface area contributed by atoms with E-state index in [0.29, 0.717) is 12.4 Å². The van der Waals surface area contributed by atoms with Crippen molar-refractivity contribution in [2.45, 2.75) is 39.0 Å². The molecule has 5 nitrogen and oxygen atoms in total. The Hall–Kier alpha value is -1.78. The molecule has 1 aliphatic carbocycles. The summed E-state index contributed by atoms with van der Waals surface area (Å²) in [4.78, 5) is 10.5. The molecule has 0 radical (unpaired) electrons. The fraction of sp³-hybridized carbons (Fsp3) is 0.600. The number of ether oxygens (including phenoxy) is 1. The van der Waals surface area contributed by atoms with E-state index in [1.54, 1.807) is 12.1 Å². The zero-order valence-corrected chi connectivity index (χ0v) is 11.9. The highest BCUT2D eigenvalue weighted by Gasteiger charge is 2.16. The Morgan fingerprint density at radius 1 is 1.40 bits per heavy atom. The standard InChI is InChI=1S/C15H22N2O3/c1-2-20-15-11-13(7-8-14(15)17(18)19)16-10-9-12-5-3-4-6-12/h7-8,11-12,16H,2-6,9-10H2,1H3. The van der Waals surface area contributed by atoms with Crippen LogP contribution in [-0.4, -0.2) is 18.1 Å². The largest absolute Gasteiger partial charge is 0.487 e. The summed E-state index contributed by atoms with van der Waals surface area (Å²) < 4.78 is 5.34. The molecule has 1 saturated carbocycles. The van der Waals surface area contributed by atoms with Crippen molar-refractivity contribution >= 4 is 11.4 Å². The van der Waals surface area contributed by atoms with E-state index in [2.05, 4.69) is 5.32 Å². The Morgan fingerprint density at radius 2 is 2.15 bits per heavy atom. The Labute approximate surface area is 119 Å². The number of rotatable bonds is 7. The maximum Gasteiger partial charge on any atom is 0.311 e. The number of nitrogens with zero attached hydrogens (tertiary/aromatic N) is 1. The maximum atomic E-state index is 10.9. The van der Waals surface area contributed by atoms with Crippen LogP contribution in [0.15, 0.2) is 18.2 Å². The van der Waals surface area contributed by atoms with E-state index >= 15 is 0 Å². The first-order chi connectivity index (χ1) is 9.70. The maximum absolute atomic E-state index is 10.9. The van der Waals surface area contributed by atoms with Crippen LogP contribution in [0.4, 0.5) is 11.4 Å². The van der Waals surface area contributed by atoms with Gasteiger partial charge < -0.3 is 10.1 Å². The zero-order valence-electron chi connectivity index (χ0n) is 11.9. The second kappa shape index (κ2) is 7.12. The predicted molar refractivity (Wildman–Crippen MR) is 79.3 cm³/mol. The molecule has 1 aromatic rings. The van der Waals surface area contributed by atoms with Crippen LogP contribution in [0, 0.1) is 16.0 Å². The molecule has 1 fully saturated rings. The van der Waals surface area contributed by atoms with Gasteiger partial charge in [-0.25, -0.2) is 0 Å². The van der Waals surface area contributed by atoms with Crippen molar-refractivity contribution in [3.05, 3.63) is 28.3 Å². The summed E-state index contributed by atoms with van der Waals surface area (Å²) >= 11 is 0. The monoisotopic (exact) mass is 278 g/mol. The summed E-state index contributed by atoms with van der Waals surface area (Å²) in [6.45, 7) is 3.16. The highest BCUT2D eigenvalue weighted by atomic mass is 16.6. The fourth-order valence-corrected chi connectivity index (χ4v) is 2.77. The molecule has 1 aromatic carbocycles. The Balaban J connectivity index is 1.93. The molecule has 0 unspecified atom stereocenters. The fourth-order valence-electron chi connectivity index (χ4n) is 2.77. The van der Waals surface area contributed by atoms with Crippen molar-refractivity contribution in [2.75, 3.05) is 18.5 Å². The van der Waals surface area contributed by atoms with Gasteiger partial charge in [0.2, 0.25) is 0 Å². The van der Waals surface area contributed by atoms with Crippen LogP contribution in [0.5, 0.6) is 5.75 Å². The van der Waals surface area contributed by atoms with Gasteiger partial charge in [0, 0.05) is 24.4 Å². The number of anilines is 1. The molecule has 110 valence electrons. The van der Waals surface area contributed by atoms with Gasteiger partial charge in [0.05, 0.1) is 11.5 Å². The third-order valence-corrected chi connectivity index (χ3v) is 3.81. The number of nitro benzene ring substituents is 1. The molecule has 0 heterocycles. The zero-order chi connectivity index (χ0) is 14.4. The van der Waals surface area contributed by atoms with Crippen LogP contribution in [0.1, 0.15) is 39.0 Å². The van der Waals surface area contributed by atoms with Crippen molar-refractivity contribution in [3.63, 3.8) is 0 Å². The topological polar surface area (TPSA) is 64.4 Å². The van der Waals surface area contributed by atoms with Crippen LogP contribution in [-0.2, 0) is 0 Å². The molecule has 0 aliphatic heterocycles. The summed E-state index contributed by atoms with van der Waals surface area (Å²) in [5.41, 5.74) is 0.908. The third kappa shape index (κ3) is 3.85. The molecule has 0 atom stereocenters. The van der Waals surface area contributed by atoms with Gasteiger partial charge in [-0.2, -0.15) is 0 Å². The van der Waals surface area contributed by atoms with E-state index in [4.69, 9.17) is 4.74 Å². The third-order valence-electron chi connectivity index (χ3n) is 3.81. The Morgan fingerprint density at radius 3 is 2.80 bits per heavy atom. The second-order valence-corrected chi connectivity index (χ2v) is 5.24. The van der Waals surface area contributed by atoms with Crippen LogP contribution < -0.4 is 10.1 Å². The van der Waals surface area contributed by atoms with E-state index in [9.17, 15) is 10.1 Å². The lowest BCUT2D eigenvalue weighted by atomic mass is 10.0. The van der Waals surface area contributed by atoms with Gasteiger partial charge in [-0.3, -0.25) is 10.1 Å². The average Bonchev–Trinajstić information content (AvgIpc) is 2.92. The molecular weight excluding hydrogens is 256 g/mol. The molecule has 1 aliphatic rings. The lowest BCUT2D eigenvalue weighted by Crippen LogP contribution is -2.07. The molecule has 0 aromatic heterocycles. The molecule has 1 N–H and O–H groups in total. The molecule has 20 heavy (non-hydrogen) atoms. The lowest BCUT2D eigenvalue weighted by Gasteiger charge is -2.12. The number of benzene rings is 1. The number of nitro groups is 1. The van der Waals surface area contributed by atoms with E-state index in [-0.39, 0.29) is 5.69 Å². The van der Waals surface area contributed by atoms with Crippen molar-refractivity contribution in [1.82, 2.24) is 0 Å². The van der Waals surface area contributed by atoms with Gasteiger partial charge in [-0.1, -0.05) is 25.7 Å². The van der Waals surface area contributed by atoms with Crippen molar-refractivity contribution in [1.29, 1.82) is 0 Å². The first-order valence-corrected chi connectivity index (χ1v) is 7.35. The lowest BCUT2D eigenvalue weighted by molar-refractivity contribution is -0.385. The number of hydrogen-bond donors (Lipinski definition) is 1. The molecule has 0 bridgehead atoms. The molecule has 5 heteroatoms. The van der Waals surface area contributed by atoms with E-state index in [1.807, 2.05) is 6.92 Å². The Bertz CT molecular complexity index is 456.